The molecule has 0 radical (unpaired) electrons. The number of carbonyl (C=O) groups is 3. The van der Waals surface area contributed by atoms with Crippen LogP contribution in [0.25, 0.3) is 0 Å². The number of carboxylic acids is 1. The van der Waals surface area contributed by atoms with Gasteiger partial charge in [-0.1, -0.05) is 27.7 Å². The number of carbonyl (C=O) groups excluding carboxylic acids is 2. The van der Waals surface area contributed by atoms with Crippen molar-refractivity contribution < 1.29 is 29.0 Å². The van der Waals surface area contributed by atoms with Gasteiger partial charge in [-0.2, -0.15) is 0 Å². The van der Waals surface area contributed by atoms with E-state index in [1.165, 1.54) is 10.3 Å². The van der Waals surface area contributed by atoms with Gasteiger partial charge in [-0.05, 0) is 32.6 Å². The number of nitrogens with zero attached hydrogens (tertiary/aromatic N) is 2. The lowest BCUT2D eigenvalue weighted by molar-refractivity contribution is -0.151. The molecule has 1 aromatic rings. The number of carboxylic acid groups (broad SMARTS) is 1. The molecular weight excluding hydrogens is 408 g/mol. The molecule has 0 unspecified atom stereocenters. The van der Waals surface area contributed by atoms with Crippen LogP contribution < -0.4 is 0 Å². The summed E-state index contributed by atoms with van der Waals surface area (Å²) in [6.07, 6.45) is -0.711. The van der Waals surface area contributed by atoms with Crippen LogP contribution in [-0.2, 0) is 14.3 Å². The molecule has 0 aliphatic heterocycles. The molecule has 1 amide bonds. The standard InChI is InChI=1S/C21H34N2O6S/c1-12(2)9-17(24)28-16(18-22-14(11-30-18)19(25)26)10-15(13(3)4)23(8)20(27)29-21(5,6)7/h11-13,15-16H,9-10H2,1-8H3,(H,25,26)/t15-,16+/m1/s1. The Balaban J connectivity index is 3.14. The van der Waals surface area contributed by atoms with Crippen LogP contribution in [0.2, 0.25) is 0 Å². The predicted octanol–water partition coefficient (Wildman–Crippen LogP) is 4.75. The van der Waals surface area contributed by atoms with Crippen LogP contribution in [0, 0.1) is 11.8 Å². The number of esters is 1. The lowest BCUT2D eigenvalue weighted by atomic mass is 9.96. The minimum Gasteiger partial charge on any atom is -0.476 e. The summed E-state index contributed by atoms with van der Waals surface area (Å²) in [6.45, 7) is 13.1. The molecule has 8 nitrogen and oxygen atoms in total. The Kier molecular flexibility index (Phi) is 9.27. The van der Waals surface area contributed by atoms with Crippen LogP contribution in [0.3, 0.4) is 0 Å². The van der Waals surface area contributed by atoms with E-state index in [1.54, 1.807) is 27.8 Å². The van der Waals surface area contributed by atoms with Crippen molar-refractivity contribution in [3.8, 4) is 0 Å². The fraction of sp³-hybridized carbons (Fsp3) is 0.714. The highest BCUT2D eigenvalue weighted by Crippen LogP contribution is 2.31. The van der Waals surface area contributed by atoms with Gasteiger partial charge in [-0.15, -0.1) is 11.3 Å². The Bertz CT molecular complexity index is 738. The zero-order valence-electron chi connectivity index (χ0n) is 19.1. The molecule has 0 aliphatic rings. The fourth-order valence-corrected chi connectivity index (χ4v) is 3.67. The summed E-state index contributed by atoms with van der Waals surface area (Å²) >= 11 is 1.13. The molecule has 0 aliphatic carbocycles. The largest absolute Gasteiger partial charge is 0.476 e. The molecule has 0 bridgehead atoms. The van der Waals surface area contributed by atoms with Crippen molar-refractivity contribution in [3.63, 3.8) is 0 Å². The zero-order valence-corrected chi connectivity index (χ0v) is 19.9. The quantitative estimate of drug-likeness (QED) is 0.550. The molecule has 1 rings (SSSR count). The lowest BCUT2D eigenvalue weighted by Crippen LogP contribution is -2.44. The summed E-state index contributed by atoms with van der Waals surface area (Å²) in [5.74, 6) is -1.37. The van der Waals surface area contributed by atoms with Crippen molar-refractivity contribution in [1.29, 1.82) is 0 Å². The van der Waals surface area contributed by atoms with Gasteiger partial charge in [0.15, 0.2) is 11.8 Å². The van der Waals surface area contributed by atoms with E-state index in [4.69, 9.17) is 9.47 Å². The SMILES string of the molecule is CC(C)CC(=O)O[C@@H](C[C@H](C(C)C)N(C)C(=O)OC(C)(C)C)c1nc(C(=O)O)cs1. The number of rotatable bonds is 9. The maximum absolute atomic E-state index is 12.6. The van der Waals surface area contributed by atoms with Crippen molar-refractivity contribution in [1.82, 2.24) is 9.88 Å². The third-order valence-electron chi connectivity index (χ3n) is 4.27. The highest BCUT2D eigenvalue weighted by molar-refractivity contribution is 7.09. The van der Waals surface area contributed by atoms with Gasteiger partial charge in [0.25, 0.3) is 0 Å². The van der Waals surface area contributed by atoms with Gasteiger partial charge < -0.3 is 19.5 Å². The molecule has 170 valence electrons. The van der Waals surface area contributed by atoms with E-state index in [-0.39, 0.29) is 42.4 Å². The molecule has 30 heavy (non-hydrogen) atoms. The third-order valence-corrected chi connectivity index (χ3v) is 5.21. The minimum absolute atomic E-state index is 0.0349. The summed E-state index contributed by atoms with van der Waals surface area (Å²) in [5.41, 5.74) is -0.733. The average Bonchev–Trinajstić information content (AvgIpc) is 3.05. The van der Waals surface area contributed by atoms with Crippen molar-refractivity contribution in [2.75, 3.05) is 7.05 Å². The summed E-state index contributed by atoms with van der Waals surface area (Å²) in [7, 11) is 1.65. The molecule has 0 fully saturated rings. The highest BCUT2D eigenvalue weighted by Gasteiger charge is 2.33. The van der Waals surface area contributed by atoms with Gasteiger partial charge in [-0.3, -0.25) is 4.79 Å². The van der Waals surface area contributed by atoms with Crippen LogP contribution in [0.4, 0.5) is 4.79 Å². The van der Waals surface area contributed by atoms with Crippen LogP contribution >= 0.6 is 11.3 Å². The van der Waals surface area contributed by atoms with Gasteiger partial charge in [0.2, 0.25) is 0 Å². The van der Waals surface area contributed by atoms with Crippen molar-refractivity contribution in [2.45, 2.75) is 79.1 Å². The van der Waals surface area contributed by atoms with Crippen molar-refractivity contribution >= 4 is 29.4 Å². The van der Waals surface area contributed by atoms with Gasteiger partial charge in [0, 0.05) is 31.3 Å². The van der Waals surface area contributed by atoms with Crippen LogP contribution in [0.1, 0.15) is 82.9 Å². The van der Waals surface area contributed by atoms with Gasteiger partial charge in [-0.25, -0.2) is 14.6 Å². The summed E-state index contributed by atoms with van der Waals surface area (Å²) in [4.78, 5) is 41.8. The third kappa shape index (κ3) is 8.30. The number of amides is 1. The summed E-state index contributed by atoms with van der Waals surface area (Å²) in [6, 6.07) is -0.311. The van der Waals surface area contributed by atoms with Crippen LogP contribution in [0.5, 0.6) is 0 Å². The highest BCUT2D eigenvalue weighted by atomic mass is 32.1. The number of ether oxygens (including phenoxy) is 2. The van der Waals surface area contributed by atoms with E-state index in [9.17, 15) is 19.5 Å². The van der Waals surface area contributed by atoms with Crippen LogP contribution in [-0.4, -0.2) is 51.7 Å². The van der Waals surface area contributed by atoms with E-state index in [1.807, 2.05) is 27.7 Å². The molecule has 0 saturated heterocycles. The number of thiazole rings is 1. The Morgan fingerprint density at radius 2 is 1.80 bits per heavy atom. The van der Waals surface area contributed by atoms with Crippen molar-refractivity contribution in [3.05, 3.63) is 16.1 Å². The Labute approximate surface area is 182 Å². The smallest absolute Gasteiger partial charge is 0.410 e. The molecule has 0 saturated carbocycles. The summed E-state index contributed by atoms with van der Waals surface area (Å²) < 4.78 is 11.2. The number of hydrogen-bond donors (Lipinski definition) is 1. The van der Waals surface area contributed by atoms with E-state index >= 15 is 0 Å². The molecule has 9 heteroatoms. The number of aromatic carboxylic acids is 1. The van der Waals surface area contributed by atoms with Gasteiger partial charge in [0.05, 0.1) is 0 Å². The predicted molar refractivity (Wildman–Crippen MR) is 115 cm³/mol. The first-order valence-corrected chi connectivity index (χ1v) is 10.9. The first-order chi connectivity index (χ1) is 13.7. The topological polar surface area (TPSA) is 106 Å². The molecule has 1 N–H and O–H groups in total. The van der Waals surface area contributed by atoms with E-state index in [0.29, 0.717) is 5.01 Å². The Hall–Kier alpha value is -2.16. The average molecular weight is 443 g/mol. The minimum atomic E-state index is -1.14. The molecule has 0 aromatic carbocycles. The molecule has 1 aromatic heterocycles. The second kappa shape index (κ2) is 10.7. The molecular formula is C21H34N2O6S. The van der Waals surface area contributed by atoms with E-state index in [0.717, 1.165) is 11.3 Å². The Morgan fingerprint density at radius 3 is 2.23 bits per heavy atom. The zero-order chi connectivity index (χ0) is 23.2. The summed E-state index contributed by atoms with van der Waals surface area (Å²) in [5, 5.41) is 11.0. The Morgan fingerprint density at radius 1 is 1.20 bits per heavy atom. The molecule has 2 atom stereocenters. The number of aromatic nitrogens is 1. The van der Waals surface area contributed by atoms with Crippen LogP contribution in [0.15, 0.2) is 5.38 Å². The van der Waals surface area contributed by atoms with Crippen molar-refractivity contribution in [2.24, 2.45) is 11.8 Å². The first-order valence-electron chi connectivity index (χ1n) is 10.0. The van der Waals surface area contributed by atoms with Gasteiger partial charge >= 0.3 is 18.0 Å². The normalized spacial score (nSPS) is 13.8. The molecule has 1 heterocycles. The van der Waals surface area contributed by atoms with E-state index in [2.05, 4.69) is 4.98 Å². The van der Waals surface area contributed by atoms with Gasteiger partial charge in [0.1, 0.15) is 10.6 Å². The maximum atomic E-state index is 12.6. The van der Waals surface area contributed by atoms with E-state index < -0.39 is 23.8 Å². The maximum Gasteiger partial charge on any atom is 0.410 e. The monoisotopic (exact) mass is 442 g/mol. The fourth-order valence-electron chi connectivity index (χ4n) is 2.84. The second-order valence-corrected chi connectivity index (χ2v) is 9.98. The second-order valence-electron chi connectivity index (χ2n) is 9.09. The first kappa shape index (κ1) is 25.9. The molecule has 0 spiro atoms. The lowest BCUT2D eigenvalue weighted by Gasteiger charge is -2.34. The number of hydrogen-bond acceptors (Lipinski definition) is 7.